The van der Waals surface area contributed by atoms with Gasteiger partial charge in [-0.2, -0.15) is 0 Å². The highest BCUT2D eigenvalue weighted by atomic mass is 32.2. The second-order valence-corrected chi connectivity index (χ2v) is 7.74. The number of fused-ring (bicyclic) bond motifs is 1. The molecule has 2 aromatic carbocycles. The summed E-state index contributed by atoms with van der Waals surface area (Å²) in [5, 5.41) is 3.18. The fraction of sp³-hybridized carbons (Fsp3) is 0.250. The van der Waals surface area contributed by atoms with Crippen molar-refractivity contribution in [2.45, 2.75) is 30.6 Å². The average Bonchev–Trinajstić information content (AvgIpc) is 3.01. The first-order valence-corrected chi connectivity index (χ1v) is 9.55. The van der Waals surface area contributed by atoms with Crippen molar-refractivity contribution in [2.75, 3.05) is 7.05 Å². The molecule has 3 amide bonds. The van der Waals surface area contributed by atoms with Gasteiger partial charge in [-0.3, -0.25) is 10.1 Å². The quantitative estimate of drug-likeness (QED) is 0.889. The van der Waals surface area contributed by atoms with Gasteiger partial charge in [0.15, 0.2) is 17.4 Å². The van der Waals surface area contributed by atoms with Crippen LogP contribution in [-0.4, -0.2) is 46.2 Å². The molecular formula is C20H20N4O2S. The normalized spacial score (nSPS) is 21.8. The fourth-order valence-corrected chi connectivity index (χ4v) is 4.18. The van der Waals surface area contributed by atoms with E-state index in [1.165, 1.54) is 22.2 Å². The molecule has 2 aliphatic rings. The summed E-state index contributed by atoms with van der Waals surface area (Å²) in [7, 11) is 1.67. The molecule has 1 N–H and O–H groups in total. The fourth-order valence-electron chi connectivity index (χ4n) is 3.24. The number of aryl methyl sites for hydroxylation is 1. The van der Waals surface area contributed by atoms with Gasteiger partial charge in [-0.1, -0.05) is 59.8 Å². The number of benzene rings is 2. The molecule has 1 saturated heterocycles. The van der Waals surface area contributed by atoms with E-state index in [0.29, 0.717) is 6.54 Å². The van der Waals surface area contributed by atoms with Crippen LogP contribution in [0.3, 0.4) is 0 Å². The summed E-state index contributed by atoms with van der Waals surface area (Å²) in [6.07, 6.45) is -0.511. The van der Waals surface area contributed by atoms with Crippen LogP contribution in [-0.2, 0) is 11.3 Å². The Hall–Kier alpha value is -2.80. The van der Waals surface area contributed by atoms with Gasteiger partial charge in [0.05, 0.1) is 0 Å². The molecule has 7 heteroatoms. The SMILES string of the molecule is Cc1ccc(SC2=NC3C(C(=O)NC(=O)N3C)N2Cc2ccccc2)cc1. The summed E-state index contributed by atoms with van der Waals surface area (Å²) in [6, 6.07) is 17.2. The number of nitrogens with zero attached hydrogens (tertiary/aromatic N) is 3. The van der Waals surface area contributed by atoms with Gasteiger partial charge in [-0.05, 0) is 24.6 Å². The minimum absolute atomic E-state index is 0.303. The largest absolute Gasteiger partial charge is 0.331 e. The number of carbonyl (C=O) groups excluding carboxylic acids is 2. The number of likely N-dealkylation sites (N-methyl/N-ethyl adjacent to an activating group) is 1. The standard InChI is InChI=1S/C20H20N4O2S/c1-13-8-10-15(11-9-13)27-20-21-17-16(18(25)22-19(26)23(17)2)24(20)12-14-6-4-3-5-7-14/h3-11,16-17H,12H2,1-2H3,(H,22,25,26). The van der Waals surface area contributed by atoms with Crippen LogP contribution in [0.2, 0.25) is 0 Å². The van der Waals surface area contributed by atoms with Crippen LogP contribution in [0, 0.1) is 6.92 Å². The van der Waals surface area contributed by atoms with Crippen LogP contribution in [0.25, 0.3) is 0 Å². The van der Waals surface area contributed by atoms with Gasteiger partial charge >= 0.3 is 6.03 Å². The van der Waals surface area contributed by atoms with Crippen LogP contribution < -0.4 is 5.32 Å². The number of amidine groups is 1. The Morgan fingerprint density at radius 3 is 2.48 bits per heavy atom. The number of thioether (sulfide) groups is 1. The number of imide groups is 1. The summed E-state index contributed by atoms with van der Waals surface area (Å²) < 4.78 is 0. The van der Waals surface area contributed by atoms with Crippen molar-refractivity contribution in [3.63, 3.8) is 0 Å². The summed E-state index contributed by atoms with van der Waals surface area (Å²) >= 11 is 1.52. The molecule has 0 aliphatic carbocycles. The maximum atomic E-state index is 12.6. The minimum Gasteiger partial charge on any atom is -0.331 e. The van der Waals surface area contributed by atoms with Crippen molar-refractivity contribution in [3.05, 3.63) is 65.7 Å². The summed E-state index contributed by atoms with van der Waals surface area (Å²) in [6.45, 7) is 2.60. The van der Waals surface area contributed by atoms with E-state index in [4.69, 9.17) is 4.99 Å². The van der Waals surface area contributed by atoms with E-state index in [0.717, 1.165) is 15.6 Å². The molecule has 0 spiro atoms. The van der Waals surface area contributed by atoms with Crippen LogP contribution in [0.5, 0.6) is 0 Å². The lowest BCUT2D eigenvalue weighted by molar-refractivity contribution is -0.127. The lowest BCUT2D eigenvalue weighted by Crippen LogP contribution is -2.63. The number of hydrogen-bond donors (Lipinski definition) is 1. The molecule has 2 unspecified atom stereocenters. The second kappa shape index (κ2) is 7.08. The molecular weight excluding hydrogens is 360 g/mol. The second-order valence-electron chi connectivity index (χ2n) is 6.70. The predicted molar refractivity (Wildman–Crippen MR) is 105 cm³/mol. The van der Waals surface area contributed by atoms with Crippen LogP contribution in [0.15, 0.2) is 64.5 Å². The van der Waals surface area contributed by atoms with Crippen molar-refractivity contribution in [2.24, 2.45) is 4.99 Å². The molecule has 0 radical (unpaired) electrons. The first-order valence-electron chi connectivity index (χ1n) is 8.73. The van der Waals surface area contributed by atoms with Crippen LogP contribution in [0.1, 0.15) is 11.1 Å². The molecule has 1 fully saturated rings. The van der Waals surface area contributed by atoms with Gasteiger partial charge in [-0.25, -0.2) is 9.79 Å². The van der Waals surface area contributed by atoms with Gasteiger partial charge in [0, 0.05) is 18.5 Å². The number of carbonyl (C=O) groups is 2. The number of hydrogen-bond acceptors (Lipinski definition) is 5. The number of aliphatic imine (C=N–C) groups is 1. The van der Waals surface area contributed by atoms with Crippen LogP contribution >= 0.6 is 11.8 Å². The zero-order valence-electron chi connectivity index (χ0n) is 15.1. The number of rotatable bonds is 3. The molecule has 4 rings (SSSR count). The highest BCUT2D eigenvalue weighted by Crippen LogP contribution is 2.33. The van der Waals surface area contributed by atoms with Gasteiger partial charge in [-0.15, -0.1) is 0 Å². The number of amides is 3. The van der Waals surface area contributed by atoms with E-state index >= 15 is 0 Å². The van der Waals surface area contributed by atoms with Crippen molar-refractivity contribution in [1.82, 2.24) is 15.1 Å². The smallest absolute Gasteiger partial charge is 0.325 e. The number of nitrogens with one attached hydrogen (secondary N) is 1. The maximum Gasteiger partial charge on any atom is 0.325 e. The summed E-state index contributed by atoms with van der Waals surface area (Å²) in [5.74, 6) is -0.303. The lowest BCUT2D eigenvalue weighted by Gasteiger charge is -2.36. The summed E-state index contributed by atoms with van der Waals surface area (Å²) in [5.41, 5.74) is 2.27. The summed E-state index contributed by atoms with van der Waals surface area (Å²) in [4.78, 5) is 33.9. The first-order chi connectivity index (χ1) is 13.0. The molecule has 27 heavy (non-hydrogen) atoms. The third-order valence-corrected chi connectivity index (χ3v) is 5.78. The molecule has 2 atom stereocenters. The Kier molecular flexibility index (Phi) is 4.61. The van der Waals surface area contributed by atoms with Crippen molar-refractivity contribution < 1.29 is 9.59 Å². The van der Waals surface area contributed by atoms with Gasteiger partial charge in [0.2, 0.25) is 0 Å². The van der Waals surface area contributed by atoms with E-state index in [2.05, 4.69) is 17.4 Å². The molecule has 0 aromatic heterocycles. The highest BCUT2D eigenvalue weighted by Gasteiger charge is 2.48. The first kappa shape index (κ1) is 17.6. The van der Waals surface area contributed by atoms with Gasteiger partial charge in [0.25, 0.3) is 5.91 Å². The zero-order valence-corrected chi connectivity index (χ0v) is 15.9. The minimum atomic E-state index is -0.527. The Labute approximate surface area is 162 Å². The van der Waals surface area contributed by atoms with E-state index in [9.17, 15) is 9.59 Å². The predicted octanol–water partition coefficient (Wildman–Crippen LogP) is 2.84. The van der Waals surface area contributed by atoms with Crippen molar-refractivity contribution in [1.29, 1.82) is 0 Å². The molecule has 2 heterocycles. The molecule has 2 aliphatic heterocycles. The van der Waals surface area contributed by atoms with Crippen molar-refractivity contribution >= 4 is 28.9 Å². The molecule has 0 bridgehead atoms. The maximum absolute atomic E-state index is 12.6. The van der Waals surface area contributed by atoms with E-state index in [1.807, 2.05) is 54.3 Å². The topological polar surface area (TPSA) is 65.0 Å². The third-order valence-electron chi connectivity index (χ3n) is 4.75. The van der Waals surface area contributed by atoms with Gasteiger partial charge < -0.3 is 9.80 Å². The lowest BCUT2D eigenvalue weighted by atomic mass is 10.1. The number of urea groups is 1. The van der Waals surface area contributed by atoms with E-state index < -0.39 is 18.2 Å². The van der Waals surface area contributed by atoms with E-state index in [1.54, 1.807) is 7.05 Å². The van der Waals surface area contributed by atoms with E-state index in [-0.39, 0.29) is 5.91 Å². The Bertz CT molecular complexity index is 898. The van der Waals surface area contributed by atoms with Crippen LogP contribution in [0.4, 0.5) is 4.79 Å². The Morgan fingerprint density at radius 1 is 1.07 bits per heavy atom. The molecule has 6 nitrogen and oxygen atoms in total. The molecule has 138 valence electrons. The highest BCUT2D eigenvalue weighted by molar-refractivity contribution is 8.13. The monoisotopic (exact) mass is 380 g/mol. The Balaban J connectivity index is 1.67. The third kappa shape index (κ3) is 3.42. The van der Waals surface area contributed by atoms with Gasteiger partial charge in [0.1, 0.15) is 0 Å². The Morgan fingerprint density at radius 2 is 1.78 bits per heavy atom. The average molecular weight is 380 g/mol. The molecule has 2 aromatic rings. The van der Waals surface area contributed by atoms with Crippen molar-refractivity contribution in [3.8, 4) is 0 Å². The zero-order chi connectivity index (χ0) is 19.0. The molecule has 0 saturated carbocycles.